The van der Waals surface area contributed by atoms with Gasteiger partial charge in [0.15, 0.2) is 35.3 Å². The molecule has 6 heterocycles. The summed E-state index contributed by atoms with van der Waals surface area (Å²) in [5, 5.41) is 32.0. The van der Waals surface area contributed by atoms with E-state index in [1.807, 2.05) is 0 Å². The van der Waals surface area contributed by atoms with Crippen molar-refractivity contribution < 1.29 is 48.0 Å². The summed E-state index contributed by atoms with van der Waals surface area (Å²) in [6.45, 7) is -0.704. The van der Waals surface area contributed by atoms with Crippen molar-refractivity contribution in [1.29, 1.82) is 0 Å². The highest BCUT2D eigenvalue weighted by molar-refractivity contribution is 7.47. The Morgan fingerprint density at radius 2 is 1.51 bits per heavy atom. The summed E-state index contributed by atoms with van der Waals surface area (Å²) in [5.41, 5.74) is 12.5. The van der Waals surface area contributed by atoms with Gasteiger partial charge in [-0.25, -0.2) is 34.5 Å². The van der Waals surface area contributed by atoms with Gasteiger partial charge in [-0.15, -0.1) is 0 Å². The van der Waals surface area contributed by atoms with Gasteiger partial charge in [0.1, 0.15) is 48.3 Å². The monoisotopic (exact) mass is 594 g/mol. The molecular formula is C20H23N10O10P. The van der Waals surface area contributed by atoms with Crippen LogP contribution in [0.3, 0.4) is 0 Å². The molecule has 6 rings (SSSR count). The van der Waals surface area contributed by atoms with E-state index in [0.29, 0.717) is 0 Å². The Balaban J connectivity index is 1.15. The van der Waals surface area contributed by atoms with Crippen LogP contribution in [0.1, 0.15) is 12.5 Å². The van der Waals surface area contributed by atoms with Gasteiger partial charge in [0.2, 0.25) is 12.0 Å². The highest BCUT2D eigenvalue weighted by Crippen LogP contribution is 2.50. The Bertz CT molecular complexity index is 1700. The number of fused-ring (bicyclic) bond motifs is 2. The van der Waals surface area contributed by atoms with Crippen molar-refractivity contribution in [2.24, 2.45) is 0 Å². The topological polar surface area (TPSA) is 283 Å². The molecule has 1 saturated heterocycles. The quantitative estimate of drug-likeness (QED) is 0.124. The van der Waals surface area contributed by atoms with Gasteiger partial charge < -0.3 is 45.5 Å². The standard InChI is InChI=1S/C20H23N10O10P/c1-36-20-13(12(33)19(39-20)30-6-28-9-15(22)24-4-26-17(9)30)40-41(34,35)37-2-7-10(31)11(32)18(38-7)29-5-27-8-14(21)23-3-25-16(8)29/h3-7,10-12,18-19,31-33H,2H2,1H3,(H,34,35)(H2,21,23,25)(H2,22,24,26)/t7-,10?,11?,12?,18-,19-/m1/s1. The highest BCUT2D eigenvalue weighted by atomic mass is 31.2. The van der Waals surface area contributed by atoms with Gasteiger partial charge in [0, 0.05) is 0 Å². The van der Waals surface area contributed by atoms with Gasteiger partial charge in [-0.1, -0.05) is 0 Å². The van der Waals surface area contributed by atoms with Gasteiger partial charge in [-0.3, -0.25) is 18.6 Å². The Morgan fingerprint density at radius 1 is 0.927 bits per heavy atom. The molecule has 0 amide bonds. The van der Waals surface area contributed by atoms with Crippen LogP contribution in [0, 0.1) is 0 Å². The van der Waals surface area contributed by atoms with Gasteiger partial charge in [0.05, 0.1) is 20.0 Å². The van der Waals surface area contributed by atoms with E-state index in [0.717, 1.165) is 0 Å². The van der Waals surface area contributed by atoms with Crippen LogP contribution >= 0.6 is 7.82 Å². The van der Waals surface area contributed by atoms with E-state index in [1.165, 1.54) is 41.6 Å². The third kappa shape index (κ3) is 4.56. The van der Waals surface area contributed by atoms with Crippen LogP contribution in [0.4, 0.5) is 11.6 Å². The fourth-order valence-electron chi connectivity index (χ4n) is 4.46. The molecule has 2 aliphatic heterocycles. The molecule has 0 aromatic carbocycles. The van der Waals surface area contributed by atoms with Crippen LogP contribution in [0.25, 0.3) is 22.3 Å². The van der Waals surface area contributed by atoms with Crippen molar-refractivity contribution in [3.63, 3.8) is 0 Å². The van der Waals surface area contributed by atoms with Crippen LogP contribution in [0.5, 0.6) is 0 Å². The van der Waals surface area contributed by atoms with Crippen molar-refractivity contribution in [2.45, 2.75) is 36.9 Å². The fraction of sp³-hybridized carbons (Fsp3) is 0.400. The summed E-state index contributed by atoms with van der Waals surface area (Å²) in [6, 6.07) is 0. The third-order valence-electron chi connectivity index (χ3n) is 6.43. The van der Waals surface area contributed by atoms with Gasteiger partial charge >= 0.3 is 13.8 Å². The number of aliphatic hydroxyl groups is 3. The van der Waals surface area contributed by atoms with Gasteiger partial charge in [-0.2, -0.15) is 0 Å². The molecule has 218 valence electrons. The second-order valence-corrected chi connectivity index (χ2v) is 10.3. The van der Waals surface area contributed by atoms with E-state index >= 15 is 0 Å². The number of methoxy groups -OCH3 is 1. The van der Waals surface area contributed by atoms with E-state index in [-0.39, 0.29) is 34.0 Å². The number of imidazole rings is 2. The Morgan fingerprint density at radius 3 is 2.10 bits per heavy atom. The van der Waals surface area contributed by atoms with Crippen molar-refractivity contribution in [3.8, 4) is 0 Å². The predicted octanol–water partition coefficient (Wildman–Crippen LogP) is -1.71. The SMILES string of the molecule is COC1=C(OP(=O)(O)OC[C@H]2O[C@@H](n3cnc4c(N)ncnc43)C(O)C2O)C(O)[C@H](n2cnc3c(N)ncnc32)O1. The largest absolute Gasteiger partial charge is 0.527 e. The smallest absolute Gasteiger partial charge is 0.466 e. The predicted molar refractivity (Wildman–Crippen MR) is 132 cm³/mol. The minimum atomic E-state index is -4.99. The average molecular weight is 594 g/mol. The molecular weight excluding hydrogens is 571 g/mol. The number of phosphoric acid groups is 1. The lowest BCUT2D eigenvalue weighted by molar-refractivity contribution is -0.0517. The first kappa shape index (κ1) is 27.0. The minimum Gasteiger partial charge on any atom is -0.466 e. The van der Waals surface area contributed by atoms with Crippen LogP contribution in [-0.2, 0) is 27.8 Å². The van der Waals surface area contributed by atoms with Crippen molar-refractivity contribution in [3.05, 3.63) is 37.0 Å². The zero-order chi connectivity index (χ0) is 29.1. The van der Waals surface area contributed by atoms with E-state index in [9.17, 15) is 24.8 Å². The number of anilines is 2. The molecule has 0 saturated carbocycles. The van der Waals surface area contributed by atoms with Crippen molar-refractivity contribution >= 4 is 41.8 Å². The molecule has 20 nitrogen and oxygen atoms in total. The number of rotatable bonds is 8. The Kier molecular flexibility index (Phi) is 6.61. The zero-order valence-electron chi connectivity index (χ0n) is 20.9. The molecule has 1 fully saturated rings. The maximum Gasteiger partial charge on any atom is 0.527 e. The van der Waals surface area contributed by atoms with Crippen LogP contribution in [0.2, 0.25) is 0 Å². The molecule has 7 atom stereocenters. The molecule has 0 radical (unpaired) electrons. The van der Waals surface area contributed by atoms with E-state index in [2.05, 4.69) is 29.9 Å². The molecule has 4 aromatic heterocycles. The molecule has 2 aliphatic rings. The number of ether oxygens (including phenoxy) is 3. The fourth-order valence-corrected chi connectivity index (χ4v) is 5.28. The first-order chi connectivity index (χ1) is 19.6. The lowest BCUT2D eigenvalue weighted by atomic mass is 10.1. The first-order valence-electron chi connectivity index (χ1n) is 11.8. The second kappa shape index (κ2) is 10.0. The maximum atomic E-state index is 12.8. The van der Waals surface area contributed by atoms with Crippen LogP contribution < -0.4 is 11.5 Å². The first-order valence-corrected chi connectivity index (χ1v) is 13.3. The molecule has 41 heavy (non-hydrogen) atoms. The number of aromatic nitrogens is 8. The van der Waals surface area contributed by atoms with E-state index in [1.54, 1.807) is 0 Å². The summed E-state index contributed by atoms with van der Waals surface area (Å²) in [5.74, 6) is -0.776. The molecule has 8 N–H and O–H groups in total. The molecule has 0 spiro atoms. The van der Waals surface area contributed by atoms with Crippen LogP contribution in [0.15, 0.2) is 37.0 Å². The van der Waals surface area contributed by atoms with Crippen LogP contribution in [-0.4, -0.2) is 97.4 Å². The molecule has 0 aliphatic carbocycles. The number of phosphoric ester groups is 1. The second-order valence-electron chi connectivity index (χ2n) is 8.88. The summed E-state index contributed by atoms with van der Waals surface area (Å²) in [7, 11) is -3.80. The van der Waals surface area contributed by atoms with E-state index < -0.39 is 63.0 Å². The number of nitrogen functional groups attached to an aromatic ring is 2. The summed E-state index contributed by atoms with van der Waals surface area (Å²) < 4.78 is 42.0. The molecule has 4 aromatic rings. The molecule has 0 bridgehead atoms. The average Bonchev–Trinajstić information content (AvgIpc) is 3.70. The number of hydrogen-bond donors (Lipinski definition) is 6. The van der Waals surface area contributed by atoms with Crippen molar-refractivity contribution in [1.82, 2.24) is 39.0 Å². The third-order valence-corrected chi connectivity index (χ3v) is 7.33. The number of nitrogens with zero attached hydrogens (tertiary/aromatic N) is 8. The Hall–Kier alpha value is -4.17. The van der Waals surface area contributed by atoms with Crippen molar-refractivity contribution in [2.75, 3.05) is 25.2 Å². The lowest BCUT2D eigenvalue weighted by Gasteiger charge is -2.20. The number of nitrogens with two attached hydrogens (primary N) is 2. The van der Waals surface area contributed by atoms with Gasteiger partial charge in [0.25, 0.3) is 0 Å². The number of aliphatic hydroxyl groups excluding tert-OH is 3. The molecule has 21 heteroatoms. The highest BCUT2D eigenvalue weighted by Gasteiger charge is 2.47. The summed E-state index contributed by atoms with van der Waals surface area (Å²) in [4.78, 5) is 34.4. The lowest BCUT2D eigenvalue weighted by Crippen LogP contribution is -2.33. The Labute approximate surface area is 228 Å². The minimum absolute atomic E-state index is 0.0909. The normalized spacial score (nSPS) is 27.8. The van der Waals surface area contributed by atoms with E-state index in [4.69, 9.17) is 34.7 Å². The molecule has 4 unspecified atom stereocenters. The van der Waals surface area contributed by atoms with Gasteiger partial charge in [-0.05, 0) is 0 Å². The zero-order valence-corrected chi connectivity index (χ0v) is 21.8. The maximum absolute atomic E-state index is 12.8. The summed E-state index contributed by atoms with van der Waals surface area (Å²) in [6.07, 6.45) is -3.50. The summed E-state index contributed by atoms with van der Waals surface area (Å²) >= 11 is 0. The number of hydrogen-bond acceptors (Lipinski definition) is 17.